The second kappa shape index (κ2) is 9.51. The summed E-state index contributed by atoms with van der Waals surface area (Å²) in [4.78, 5) is 12.8. The molecule has 2 aromatic carbocycles. The van der Waals surface area contributed by atoms with E-state index in [-0.39, 0.29) is 34.8 Å². The summed E-state index contributed by atoms with van der Waals surface area (Å²) in [7, 11) is -7.22. The highest BCUT2D eigenvalue weighted by Gasteiger charge is 2.32. The Morgan fingerprint density at radius 2 is 1.60 bits per heavy atom. The van der Waals surface area contributed by atoms with Crippen LogP contribution in [0.5, 0.6) is 0 Å². The Labute approximate surface area is 204 Å². The van der Waals surface area contributed by atoms with Crippen LogP contribution in [-0.2, 0) is 24.7 Å². The lowest BCUT2D eigenvalue weighted by Crippen LogP contribution is -2.41. The lowest BCUT2D eigenvalue weighted by Gasteiger charge is -2.30. The van der Waals surface area contributed by atoms with Crippen molar-refractivity contribution >= 4 is 31.8 Å². The smallest absolute Gasteiger partial charge is 0.322 e. The van der Waals surface area contributed by atoms with Gasteiger partial charge in [0.05, 0.1) is 9.79 Å². The predicted octanol–water partition coefficient (Wildman–Crippen LogP) is 2.80. The number of sulfone groups is 1. The molecule has 35 heavy (non-hydrogen) atoms. The fourth-order valence-corrected chi connectivity index (χ4v) is 6.11. The number of rotatable bonds is 6. The minimum atomic E-state index is -3.80. The van der Waals surface area contributed by atoms with Crippen LogP contribution in [0, 0.1) is 19.8 Å². The number of anilines is 1. The van der Waals surface area contributed by atoms with E-state index < -0.39 is 25.8 Å². The van der Waals surface area contributed by atoms with Crippen molar-refractivity contribution in [1.82, 2.24) is 14.5 Å². The number of hydrogen-bond donors (Lipinski definition) is 1. The highest BCUT2D eigenvalue weighted by molar-refractivity contribution is 7.90. The number of aromatic nitrogens is 2. The van der Waals surface area contributed by atoms with E-state index in [1.165, 1.54) is 28.6 Å². The summed E-state index contributed by atoms with van der Waals surface area (Å²) in [6.45, 7) is 4.24. The molecule has 10 nitrogen and oxygen atoms in total. The molecule has 2 heterocycles. The van der Waals surface area contributed by atoms with Gasteiger partial charge in [0, 0.05) is 30.8 Å². The summed E-state index contributed by atoms with van der Waals surface area (Å²) in [5.41, 5.74) is 2.87. The zero-order valence-corrected chi connectivity index (χ0v) is 21.2. The minimum absolute atomic E-state index is 0.00834. The molecular weight excluding hydrogens is 492 g/mol. The summed E-state index contributed by atoms with van der Waals surface area (Å²) in [6, 6.07) is 10.9. The third kappa shape index (κ3) is 5.44. The first kappa shape index (κ1) is 25.0. The summed E-state index contributed by atoms with van der Waals surface area (Å²) < 4.78 is 56.0. The Hall–Kier alpha value is -3.09. The van der Waals surface area contributed by atoms with Gasteiger partial charge in [0.25, 0.3) is 0 Å². The normalized spacial score (nSPS) is 15.7. The van der Waals surface area contributed by atoms with Gasteiger partial charge >= 0.3 is 6.01 Å². The fraction of sp³-hybridized carbons (Fsp3) is 0.348. The van der Waals surface area contributed by atoms with Gasteiger partial charge < -0.3 is 4.42 Å². The van der Waals surface area contributed by atoms with E-state index in [1.54, 1.807) is 0 Å². The highest BCUT2D eigenvalue weighted by Crippen LogP contribution is 2.27. The number of benzene rings is 2. The highest BCUT2D eigenvalue weighted by atomic mass is 32.2. The van der Waals surface area contributed by atoms with Gasteiger partial charge in [-0.15, -0.1) is 5.10 Å². The number of nitrogens with one attached hydrogen (secondary N) is 1. The molecule has 0 saturated carbocycles. The third-order valence-electron chi connectivity index (χ3n) is 5.98. The van der Waals surface area contributed by atoms with Gasteiger partial charge in [0.1, 0.15) is 0 Å². The predicted molar refractivity (Wildman–Crippen MR) is 129 cm³/mol. The number of amides is 1. The molecule has 3 aromatic rings. The molecule has 12 heteroatoms. The van der Waals surface area contributed by atoms with Crippen LogP contribution in [0.2, 0.25) is 0 Å². The Morgan fingerprint density at radius 3 is 2.20 bits per heavy atom. The number of hydrogen-bond acceptors (Lipinski definition) is 8. The third-order valence-corrected chi connectivity index (χ3v) is 9.02. The van der Waals surface area contributed by atoms with E-state index in [2.05, 4.69) is 15.5 Å². The largest absolute Gasteiger partial charge is 0.403 e. The van der Waals surface area contributed by atoms with Gasteiger partial charge in [-0.2, -0.15) is 4.31 Å². The second-order valence-electron chi connectivity index (χ2n) is 8.64. The lowest BCUT2D eigenvalue weighted by atomic mass is 9.97. The van der Waals surface area contributed by atoms with Gasteiger partial charge in [0.15, 0.2) is 9.84 Å². The molecule has 1 aliphatic heterocycles. The lowest BCUT2D eigenvalue weighted by molar-refractivity contribution is -0.121. The van der Waals surface area contributed by atoms with Gasteiger partial charge in [-0.25, -0.2) is 16.8 Å². The summed E-state index contributed by atoms with van der Waals surface area (Å²) >= 11 is 0. The quantitative estimate of drug-likeness (QED) is 0.525. The number of carbonyl (C=O) groups excluding carboxylic acids is 1. The van der Waals surface area contributed by atoms with E-state index in [1.807, 2.05) is 32.0 Å². The van der Waals surface area contributed by atoms with Gasteiger partial charge in [-0.1, -0.05) is 22.8 Å². The van der Waals surface area contributed by atoms with Crippen molar-refractivity contribution in [2.24, 2.45) is 5.92 Å². The molecule has 186 valence electrons. The van der Waals surface area contributed by atoms with Gasteiger partial charge in [-0.05, 0) is 62.6 Å². The molecule has 1 amide bonds. The summed E-state index contributed by atoms with van der Waals surface area (Å²) in [5.74, 6) is -0.415. The number of piperidine rings is 1. The van der Waals surface area contributed by atoms with Crippen LogP contribution in [0.15, 0.2) is 56.7 Å². The van der Waals surface area contributed by atoms with Gasteiger partial charge in [-0.3, -0.25) is 10.1 Å². The van der Waals surface area contributed by atoms with Crippen LogP contribution in [0.1, 0.15) is 24.0 Å². The molecule has 0 radical (unpaired) electrons. The standard InChI is InChI=1S/C23H26N4O6S2/c1-15-4-9-20(16(2)14-15)22-25-26-23(33-22)24-21(28)17-10-12-27(13-11-17)35(31,32)19-7-5-18(6-8-19)34(3,29)30/h4-9,14,17H,10-13H2,1-3H3,(H,24,26,28). The first-order valence-electron chi connectivity index (χ1n) is 11.0. The fourth-order valence-electron chi connectivity index (χ4n) is 4.01. The maximum atomic E-state index is 12.9. The van der Waals surface area contributed by atoms with Crippen molar-refractivity contribution < 1.29 is 26.0 Å². The summed E-state index contributed by atoms with van der Waals surface area (Å²) in [5, 5.41) is 10.6. The molecule has 0 unspecified atom stereocenters. The molecule has 1 N–H and O–H groups in total. The topological polar surface area (TPSA) is 140 Å². The zero-order valence-electron chi connectivity index (χ0n) is 19.6. The Kier molecular flexibility index (Phi) is 6.80. The molecule has 0 bridgehead atoms. The average Bonchev–Trinajstić information content (AvgIpc) is 3.26. The number of carbonyl (C=O) groups is 1. The van der Waals surface area contributed by atoms with Crippen molar-refractivity contribution in [3.05, 3.63) is 53.6 Å². The van der Waals surface area contributed by atoms with Crippen LogP contribution in [0.3, 0.4) is 0 Å². The molecule has 1 aliphatic rings. The molecule has 1 fully saturated rings. The zero-order chi connectivity index (χ0) is 25.4. The molecule has 0 spiro atoms. The molecule has 1 saturated heterocycles. The maximum Gasteiger partial charge on any atom is 0.322 e. The second-order valence-corrected chi connectivity index (χ2v) is 12.6. The van der Waals surface area contributed by atoms with Crippen molar-refractivity contribution in [1.29, 1.82) is 0 Å². The van der Waals surface area contributed by atoms with Crippen LogP contribution in [-0.4, -0.2) is 56.6 Å². The first-order valence-corrected chi connectivity index (χ1v) is 14.3. The molecule has 1 aromatic heterocycles. The average molecular weight is 519 g/mol. The summed E-state index contributed by atoms with van der Waals surface area (Å²) in [6.07, 6.45) is 1.71. The van der Waals surface area contributed by atoms with Crippen molar-refractivity contribution in [2.75, 3.05) is 24.7 Å². The van der Waals surface area contributed by atoms with Crippen LogP contribution in [0.25, 0.3) is 11.5 Å². The van der Waals surface area contributed by atoms with E-state index in [0.717, 1.165) is 22.9 Å². The number of sulfonamides is 1. The molecule has 0 atom stereocenters. The molecule has 0 aliphatic carbocycles. The van der Waals surface area contributed by atoms with Crippen molar-refractivity contribution in [3.8, 4) is 11.5 Å². The SMILES string of the molecule is Cc1ccc(-c2nnc(NC(=O)C3CCN(S(=O)(=O)c4ccc(S(C)(=O)=O)cc4)CC3)o2)c(C)c1. The van der Waals surface area contributed by atoms with Crippen LogP contribution < -0.4 is 5.32 Å². The Morgan fingerprint density at radius 1 is 0.971 bits per heavy atom. The van der Waals surface area contributed by atoms with E-state index in [0.29, 0.717) is 18.7 Å². The number of nitrogens with zero attached hydrogens (tertiary/aromatic N) is 3. The maximum absolute atomic E-state index is 12.9. The Bertz CT molecular complexity index is 1460. The van der Waals surface area contributed by atoms with E-state index in [4.69, 9.17) is 4.42 Å². The molecule has 4 rings (SSSR count). The first-order chi connectivity index (χ1) is 16.4. The molecular formula is C23H26N4O6S2. The van der Waals surface area contributed by atoms with E-state index in [9.17, 15) is 21.6 Å². The Balaban J connectivity index is 1.37. The van der Waals surface area contributed by atoms with Gasteiger partial charge in [0.2, 0.25) is 21.8 Å². The monoisotopic (exact) mass is 518 g/mol. The van der Waals surface area contributed by atoms with Crippen molar-refractivity contribution in [2.45, 2.75) is 36.5 Å². The van der Waals surface area contributed by atoms with Crippen LogP contribution >= 0.6 is 0 Å². The van der Waals surface area contributed by atoms with Crippen molar-refractivity contribution in [3.63, 3.8) is 0 Å². The van der Waals surface area contributed by atoms with E-state index >= 15 is 0 Å². The number of aryl methyl sites for hydroxylation is 2. The minimum Gasteiger partial charge on any atom is -0.403 e. The van der Waals surface area contributed by atoms with Crippen LogP contribution in [0.4, 0.5) is 6.01 Å².